The summed E-state index contributed by atoms with van der Waals surface area (Å²) < 4.78 is 29.5. The van der Waals surface area contributed by atoms with Crippen LogP contribution in [0.4, 0.5) is 0 Å². The Kier molecular flexibility index (Phi) is 5.68. The SMILES string of the molecule is CNCC1CCCN(S(=O)(=O)N2CC(C)CC(C)C2C)C1. The Balaban J connectivity index is 2.12. The Bertz CT molecular complexity index is 438. The third-order valence-corrected chi connectivity index (χ3v) is 7.20. The van der Waals surface area contributed by atoms with Crippen molar-refractivity contribution in [3.8, 4) is 0 Å². The van der Waals surface area contributed by atoms with Crippen LogP contribution in [-0.4, -0.2) is 56.3 Å². The summed E-state index contributed by atoms with van der Waals surface area (Å²) in [7, 11) is -1.38. The maximum absolute atomic E-state index is 13.0. The molecule has 4 unspecified atom stereocenters. The first-order valence-electron chi connectivity index (χ1n) is 8.27. The number of rotatable bonds is 4. The average Bonchev–Trinajstić information content (AvgIpc) is 2.43. The van der Waals surface area contributed by atoms with E-state index in [0.29, 0.717) is 37.4 Å². The maximum Gasteiger partial charge on any atom is 0.282 e. The van der Waals surface area contributed by atoms with E-state index < -0.39 is 10.2 Å². The molecule has 0 aromatic heterocycles. The van der Waals surface area contributed by atoms with Crippen molar-refractivity contribution in [2.45, 2.75) is 46.1 Å². The van der Waals surface area contributed by atoms with E-state index in [0.717, 1.165) is 25.8 Å². The molecule has 6 heteroatoms. The minimum atomic E-state index is -3.31. The van der Waals surface area contributed by atoms with Crippen LogP contribution in [0.15, 0.2) is 0 Å². The van der Waals surface area contributed by atoms with Crippen molar-refractivity contribution in [3.63, 3.8) is 0 Å². The summed E-state index contributed by atoms with van der Waals surface area (Å²) in [6.45, 7) is 9.29. The van der Waals surface area contributed by atoms with Crippen molar-refractivity contribution in [3.05, 3.63) is 0 Å². The molecule has 0 saturated carbocycles. The van der Waals surface area contributed by atoms with Gasteiger partial charge in [-0.15, -0.1) is 0 Å². The van der Waals surface area contributed by atoms with Crippen LogP contribution in [0.5, 0.6) is 0 Å². The van der Waals surface area contributed by atoms with Crippen molar-refractivity contribution >= 4 is 10.2 Å². The summed E-state index contributed by atoms with van der Waals surface area (Å²) >= 11 is 0. The topological polar surface area (TPSA) is 52.7 Å². The summed E-state index contributed by atoms with van der Waals surface area (Å²) in [5.74, 6) is 1.32. The number of nitrogens with one attached hydrogen (secondary N) is 1. The van der Waals surface area contributed by atoms with Crippen LogP contribution < -0.4 is 5.32 Å². The van der Waals surface area contributed by atoms with E-state index in [4.69, 9.17) is 0 Å². The van der Waals surface area contributed by atoms with Gasteiger partial charge in [0.1, 0.15) is 0 Å². The van der Waals surface area contributed by atoms with E-state index in [1.54, 1.807) is 8.61 Å². The third kappa shape index (κ3) is 3.78. The minimum Gasteiger partial charge on any atom is -0.319 e. The van der Waals surface area contributed by atoms with Crippen LogP contribution in [0.3, 0.4) is 0 Å². The van der Waals surface area contributed by atoms with Gasteiger partial charge in [0.25, 0.3) is 10.2 Å². The molecule has 0 spiro atoms. The fourth-order valence-electron chi connectivity index (χ4n) is 3.81. The summed E-state index contributed by atoms with van der Waals surface area (Å²) in [6.07, 6.45) is 3.21. The molecule has 2 saturated heterocycles. The first kappa shape index (κ1) is 17.2. The smallest absolute Gasteiger partial charge is 0.282 e. The highest BCUT2D eigenvalue weighted by molar-refractivity contribution is 7.86. The lowest BCUT2D eigenvalue weighted by molar-refractivity contribution is 0.141. The molecule has 0 radical (unpaired) electrons. The molecule has 2 aliphatic heterocycles. The van der Waals surface area contributed by atoms with Crippen LogP contribution in [0.2, 0.25) is 0 Å². The second-order valence-corrected chi connectivity index (χ2v) is 8.94. The number of nitrogens with zero attached hydrogens (tertiary/aromatic N) is 2. The Morgan fingerprint density at radius 1 is 1.19 bits per heavy atom. The zero-order valence-electron chi connectivity index (χ0n) is 13.9. The summed E-state index contributed by atoms with van der Waals surface area (Å²) in [4.78, 5) is 0. The highest BCUT2D eigenvalue weighted by atomic mass is 32.2. The molecule has 0 aromatic rings. The van der Waals surface area contributed by atoms with Gasteiger partial charge in [-0.1, -0.05) is 13.8 Å². The molecule has 0 aromatic carbocycles. The summed E-state index contributed by atoms with van der Waals surface area (Å²) in [5.41, 5.74) is 0. The molecule has 1 N–H and O–H groups in total. The van der Waals surface area contributed by atoms with Crippen molar-refractivity contribution in [1.29, 1.82) is 0 Å². The van der Waals surface area contributed by atoms with E-state index in [2.05, 4.69) is 26.1 Å². The highest BCUT2D eigenvalue weighted by Gasteiger charge is 2.40. The van der Waals surface area contributed by atoms with Crippen molar-refractivity contribution < 1.29 is 8.42 Å². The Morgan fingerprint density at radius 2 is 1.90 bits per heavy atom. The van der Waals surface area contributed by atoms with E-state index in [1.807, 2.05) is 7.05 Å². The maximum atomic E-state index is 13.0. The van der Waals surface area contributed by atoms with E-state index >= 15 is 0 Å². The Morgan fingerprint density at radius 3 is 2.57 bits per heavy atom. The largest absolute Gasteiger partial charge is 0.319 e. The minimum absolute atomic E-state index is 0.107. The molecule has 4 atom stereocenters. The lowest BCUT2D eigenvalue weighted by atomic mass is 9.88. The van der Waals surface area contributed by atoms with Crippen LogP contribution in [0.25, 0.3) is 0 Å². The number of hydrogen-bond donors (Lipinski definition) is 1. The monoisotopic (exact) mass is 317 g/mol. The molecule has 0 aliphatic carbocycles. The molecule has 5 nitrogen and oxygen atoms in total. The van der Waals surface area contributed by atoms with Gasteiger partial charge < -0.3 is 5.32 Å². The van der Waals surface area contributed by atoms with Crippen LogP contribution >= 0.6 is 0 Å². The normalized spacial score (nSPS) is 36.8. The first-order chi connectivity index (χ1) is 9.86. The van der Waals surface area contributed by atoms with E-state index in [-0.39, 0.29) is 6.04 Å². The van der Waals surface area contributed by atoms with Crippen molar-refractivity contribution in [2.75, 3.05) is 33.2 Å². The molecule has 124 valence electrons. The van der Waals surface area contributed by atoms with Crippen LogP contribution in [0, 0.1) is 17.8 Å². The molecular formula is C15H31N3O2S. The lowest BCUT2D eigenvalue weighted by Crippen LogP contribution is -2.56. The Labute approximate surface area is 130 Å². The van der Waals surface area contributed by atoms with Gasteiger partial charge >= 0.3 is 0 Å². The molecule has 2 rings (SSSR count). The van der Waals surface area contributed by atoms with Gasteiger partial charge in [-0.3, -0.25) is 0 Å². The zero-order valence-corrected chi connectivity index (χ0v) is 14.7. The number of hydrogen-bond acceptors (Lipinski definition) is 3. The summed E-state index contributed by atoms with van der Waals surface area (Å²) in [5, 5.41) is 3.18. The van der Waals surface area contributed by atoms with Crippen molar-refractivity contribution in [2.24, 2.45) is 17.8 Å². The fourth-order valence-corrected chi connectivity index (χ4v) is 5.93. The van der Waals surface area contributed by atoms with Gasteiger partial charge in [0.15, 0.2) is 0 Å². The van der Waals surface area contributed by atoms with E-state index in [9.17, 15) is 8.42 Å². The molecular weight excluding hydrogens is 286 g/mol. The predicted octanol–water partition coefficient (Wildman–Crippen LogP) is 1.53. The molecule has 0 amide bonds. The first-order valence-corrected chi connectivity index (χ1v) is 9.67. The zero-order chi connectivity index (χ0) is 15.6. The fraction of sp³-hybridized carbons (Fsp3) is 1.00. The standard InChI is InChI=1S/C15H31N3O2S/c1-12-8-13(2)14(3)18(10-12)21(19,20)17-7-5-6-15(11-17)9-16-4/h12-16H,5-11H2,1-4H3. The quantitative estimate of drug-likeness (QED) is 0.855. The van der Waals surface area contributed by atoms with Gasteiger partial charge in [-0.25, -0.2) is 0 Å². The van der Waals surface area contributed by atoms with Gasteiger partial charge in [-0.05, 0) is 57.5 Å². The molecule has 2 fully saturated rings. The summed E-state index contributed by atoms with van der Waals surface area (Å²) in [6, 6.07) is 0.107. The Hall–Kier alpha value is -0.170. The molecule has 2 aliphatic rings. The van der Waals surface area contributed by atoms with Gasteiger partial charge in [0.2, 0.25) is 0 Å². The van der Waals surface area contributed by atoms with Gasteiger partial charge in [0.05, 0.1) is 0 Å². The predicted molar refractivity (Wildman–Crippen MR) is 86.3 cm³/mol. The van der Waals surface area contributed by atoms with Gasteiger partial charge in [-0.2, -0.15) is 17.0 Å². The van der Waals surface area contributed by atoms with E-state index in [1.165, 1.54) is 0 Å². The average molecular weight is 317 g/mol. The lowest BCUT2D eigenvalue weighted by Gasteiger charge is -2.43. The number of piperidine rings is 2. The molecule has 21 heavy (non-hydrogen) atoms. The third-order valence-electron chi connectivity index (χ3n) is 5.14. The van der Waals surface area contributed by atoms with Crippen LogP contribution in [-0.2, 0) is 10.2 Å². The molecule has 0 bridgehead atoms. The molecule has 2 heterocycles. The second kappa shape index (κ2) is 6.94. The van der Waals surface area contributed by atoms with Gasteiger partial charge in [0, 0.05) is 25.7 Å². The van der Waals surface area contributed by atoms with Crippen LogP contribution in [0.1, 0.15) is 40.0 Å². The highest BCUT2D eigenvalue weighted by Crippen LogP contribution is 2.31. The van der Waals surface area contributed by atoms with Crippen molar-refractivity contribution in [1.82, 2.24) is 13.9 Å². The second-order valence-electron chi connectivity index (χ2n) is 7.06.